The number of hydrogen-bond acceptors (Lipinski definition) is 3. The molecule has 0 bridgehead atoms. The van der Waals surface area contributed by atoms with Crippen molar-refractivity contribution in [3.8, 4) is 0 Å². The van der Waals surface area contributed by atoms with Gasteiger partial charge in [0.15, 0.2) is 0 Å². The van der Waals surface area contributed by atoms with Gasteiger partial charge in [-0.3, -0.25) is 14.5 Å². The molecule has 1 N–H and O–H groups in total. The molecular weight excluding hydrogens is 476 g/mol. The van der Waals surface area contributed by atoms with Crippen molar-refractivity contribution in [3.63, 3.8) is 0 Å². The van der Waals surface area contributed by atoms with E-state index in [0.29, 0.717) is 22.7 Å². The number of rotatable bonds is 8. The Morgan fingerprint density at radius 1 is 0.829 bits per heavy atom. The molecule has 0 heterocycles. The van der Waals surface area contributed by atoms with Crippen molar-refractivity contribution >= 4 is 52.2 Å². The van der Waals surface area contributed by atoms with Gasteiger partial charge < -0.3 is 5.32 Å². The molecule has 0 aliphatic heterocycles. The maximum atomic E-state index is 13.8. The minimum atomic E-state index is -0.311. The SMILES string of the molecule is CCC(Sc1cccc(NC(=O)c2cccc(Cl)c2)c1)C(=O)N(c1ccccc1)c1ccccc1. The predicted molar refractivity (Wildman–Crippen MR) is 146 cm³/mol. The second-order valence-corrected chi connectivity index (χ2v) is 9.56. The van der Waals surface area contributed by atoms with Gasteiger partial charge in [0.2, 0.25) is 5.91 Å². The van der Waals surface area contributed by atoms with Gasteiger partial charge in [-0.1, -0.05) is 67.1 Å². The molecule has 0 spiro atoms. The van der Waals surface area contributed by atoms with Gasteiger partial charge >= 0.3 is 0 Å². The first kappa shape index (κ1) is 24.6. The fourth-order valence-electron chi connectivity index (χ4n) is 3.65. The zero-order valence-electron chi connectivity index (χ0n) is 19.2. The Labute approximate surface area is 214 Å². The van der Waals surface area contributed by atoms with Crippen LogP contribution in [-0.4, -0.2) is 17.1 Å². The normalized spacial score (nSPS) is 11.5. The molecule has 0 aromatic heterocycles. The Hall–Kier alpha value is -3.54. The topological polar surface area (TPSA) is 49.4 Å². The van der Waals surface area contributed by atoms with E-state index in [1.807, 2.05) is 91.9 Å². The van der Waals surface area contributed by atoms with E-state index in [0.717, 1.165) is 16.3 Å². The van der Waals surface area contributed by atoms with Gasteiger partial charge in [0, 0.05) is 32.5 Å². The monoisotopic (exact) mass is 500 g/mol. The second-order valence-electron chi connectivity index (χ2n) is 7.85. The van der Waals surface area contributed by atoms with Crippen molar-refractivity contribution < 1.29 is 9.59 Å². The van der Waals surface area contributed by atoms with Crippen LogP contribution >= 0.6 is 23.4 Å². The van der Waals surface area contributed by atoms with Crippen molar-refractivity contribution in [2.75, 3.05) is 10.2 Å². The molecule has 2 amide bonds. The molecule has 0 fully saturated rings. The van der Waals surface area contributed by atoms with Gasteiger partial charge in [-0.05, 0) is 67.1 Å². The lowest BCUT2D eigenvalue weighted by Crippen LogP contribution is -2.34. The molecule has 0 saturated heterocycles. The predicted octanol–water partition coefficient (Wildman–Crippen LogP) is 7.83. The largest absolute Gasteiger partial charge is 0.322 e. The number of nitrogens with zero attached hydrogens (tertiary/aromatic N) is 1. The Morgan fingerprint density at radius 3 is 2.06 bits per heavy atom. The number of carbonyl (C=O) groups is 2. The number of carbonyl (C=O) groups excluding carboxylic acids is 2. The molecule has 176 valence electrons. The number of benzene rings is 4. The standard InChI is InChI=1S/C29H25ClN2O2S/c1-2-27(29(34)32(24-14-5-3-6-15-24)25-16-7-4-8-17-25)35-26-18-10-13-23(20-26)31-28(33)21-11-9-12-22(30)19-21/h3-20,27H,2H2,1H3,(H,31,33). The Kier molecular flexibility index (Phi) is 8.24. The molecule has 1 unspecified atom stereocenters. The Balaban J connectivity index is 1.54. The number of hydrogen-bond donors (Lipinski definition) is 1. The molecule has 4 aromatic carbocycles. The van der Waals surface area contributed by atoms with Crippen molar-refractivity contribution in [1.82, 2.24) is 0 Å². The van der Waals surface area contributed by atoms with Gasteiger partial charge in [0.25, 0.3) is 5.91 Å². The molecule has 4 rings (SSSR count). The van der Waals surface area contributed by atoms with Crippen LogP contribution in [0.3, 0.4) is 0 Å². The van der Waals surface area contributed by atoms with Gasteiger partial charge in [0.05, 0.1) is 5.25 Å². The van der Waals surface area contributed by atoms with E-state index in [2.05, 4.69) is 5.32 Å². The van der Waals surface area contributed by atoms with Gasteiger partial charge in [0.1, 0.15) is 0 Å². The highest BCUT2D eigenvalue weighted by atomic mass is 35.5. The van der Waals surface area contributed by atoms with Crippen molar-refractivity contribution in [3.05, 3.63) is 120 Å². The minimum absolute atomic E-state index is 0.00302. The lowest BCUT2D eigenvalue weighted by atomic mass is 10.2. The van der Waals surface area contributed by atoms with E-state index in [1.165, 1.54) is 11.8 Å². The highest BCUT2D eigenvalue weighted by Gasteiger charge is 2.26. The molecule has 4 nitrogen and oxygen atoms in total. The van der Waals surface area contributed by atoms with Crippen LogP contribution in [0.5, 0.6) is 0 Å². The van der Waals surface area contributed by atoms with Crippen LogP contribution in [0.4, 0.5) is 17.1 Å². The summed E-state index contributed by atoms with van der Waals surface area (Å²) in [6.07, 6.45) is 0.652. The van der Waals surface area contributed by atoms with E-state index in [4.69, 9.17) is 11.6 Å². The number of nitrogens with one attached hydrogen (secondary N) is 1. The van der Waals surface area contributed by atoms with Crippen LogP contribution < -0.4 is 10.2 Å². The van der Waals surface area contributed by atoms with Crippen LogP contribution in [0, 0.1) is 0 Å². The zero-order valence-corrected chi connectivity index (χ0v) is 20.8. The first-order valence-electron chi connectivity index (χ1n) is 11.3. The Morgan fingerprint density at radius 2 is 1.46 bits per heavy atom. The summed E-state index contributed by atoms with van der Waals surface area (Å²) in [6, 6.07) is 33.7. The summed E-state index contributed by atoms with van der Waals surface area (Å²) in [5, 5.41) is 3.11. The van der Waals surface area contributed by atoms with Crippen molar-refractivity contribution in [2.45, 2.75) is 23.5 Å². The summed E-state index contributed by atoms with van der Waals surface area (Å²) in [6.45, 7) is 2.01. The first-order valence-corrected chi connectivity index (χ1v) is 12.6. The summed E-state index contributed by atoms with van der Waals surface area (Å²) in [5.74, 6) is -0.236. The third-order valence-corrected chi connectivity index (χ3v) is 6.93. The van der Waals surface area contributed by atoms with Gasteiger partial charge in [-0.25, -0.2) is 0 Å². The molecule has 6 heteroatoms. The third-order valence-electron chi connectivity index (χ3n) is 5.35. The lowest BCUT2D eigenvalue weighted by Gasteiger charge is -2.27. The summed E-state index contributed by atoms with van der Waals surface area (Å²) < 4.78 is 0. The van der Waals surface area contributed by atoms with Crippen LogP contribution in [-0.2, 0) is 4.79 Å². The lowest BCUT2D eigenvalue weighted by molar-refractivity contribution is -0.117. The van der Waals surface area contributed by atoms with Crippen molar-refractivity contribution in [2.24, 2.45) is 0 Å². The van der Waals surface area contributed by atoms with Gasteiger partial charge in [-0.2, -0.15) is 0 Å². The van der Waals surface area contributed by atoms with E-state index < -0.39 is 0 Å². The molecule has 0 aliphatic carbocycles. The molecular formula is C29H25ClN2O2S. The summed E-state index contributed by atoms with van der Waals surface area (Å²) in [5.41, 5.74) is 2.79. The third kappa shape index (κ3) is 6.32. The minimum Gasteiger partial charge on any atom is -0.322 e. The molecule has 4 aromatic rings. The summed E-state index contributed by atoms with van der Waals surface area (Å²) in [7, 11) is 0. The number of halogens is 1. The zero-order chi connectivity index (χ0) is 24.6. The van der Waals surface area contributed by atoms with Crippen LogP contribution in [0.25, 0.3) is 0 Å². The molecule has 0 aliphatic rings. The summed E-state index contributed by atoms with van der Waals surface area (Å²) in [4.78, 5) is 29.1. The molecule has 35 heavy (non-hydrogen) atoms. The molecule has 0 radical (unpaired) electrons. The van der Waals surface area contributed by atoms with E-state index >= 15 is 0 Å². The van der Waals surface area contributed by atoms with Crippen LogP contribution in [0.15, 0.2) is 114 Å². The number of thioether (sulfide) groups is 1. The average molecular weight is 501 g/mol. The number of amides is 2. The quantitative estimate of drug-likeness (QED) is 0.251. The smallest absolute Gasteiger partial charge is 0.255 e. The molecule has 1 atom stereocenters. The molecule has 0 saturated carbocycles. The fourth-order valence-corrected chi connectivity index (χ4v) is 4.90. The van der Waals surface area contributed by atoms with E-state index in [-0.39, 0.29) is 17.1 Å². The second kappa shape index (κ2) is 11.7. The average Bonchev–Trinajstić information content (AvgIpc) is 2.89. The highest BCUT2D eigenvalue weighted by Crippen LogP contribution is 2.33. The Bertz CT molecular complexity index is 1260. The highest BCUT2D eigenvalue weighted by molar-refractivity contribution is 8.00. The van der Waals surface area contributed by atoms with E-state index in [9.17, 15) is 9.59 Å². The van der Waals surface area contributed by atoms with Crippen LogP contribution in [0.2, 0.25) is 5.02 Å². The first-order chi connectivity index (χ1) is 17.0. The van der Waals surface area contributed by atoms with Crippen LogP contribution in [0.1, 0.15) is 23.7 Å². The maximum Gasteiger partial charge on any atom is 0.255 e. The summed E-state index contributed by atoms with van der Waals surface area (Å²) >= 11 is 7.51. The maximum absolute atomic E-state index is 13.8. The van der Waals surface area contributed by atoms with E-state index in [1.54, 1.807) is 29.2 Å². The van der Waals surface area contributed by atoms with Crippen molar-refractivity contribution in [1.29, 1.82) is 0 Å². The number of para-hydroxylation sites is 2. The fraction of sp³-hybridized carbons (Fsp3) is 0.103. The number of anilines is 3. The van der Waals surface area contributed by atoms with Gasteiger partial charge in [-0.15, -0.1) is 11.8 Å².